The lowest BCUT2D eigenvalue weighted by Gasteiger charge is -2.15. The van der Waals surface area contributed by atoms with Crippen molar-refractivity contribution in [1.29, 1.82) is 0 Å². The van der Waals surface area contributed by atoms with Crippen molar-refractivity contribution in [2.45, 2.75) is 33.5 Å². The smallest absolute Gasteiger partial charge is 0.433 e. The first-order valence-electron chi connectivity index (χ1n) is 6.98. The summed E-state index contributed by atoms with van der Waals surface area (Å²) in [5.41, 5.74) is -0.324. The quantitative estimate of drug-likeness (QED) is 0.914. The molecule has 0 aliphatic rings. The van der Waals surface area contributed by atoms with Crippen LogP contribution in [0.1, 0.15) is 34.6 Å². The summed E-state index contributed by atoms with van der Waals surface area (Å²) in [5, 5.41) is 6.49. The first-order valence-corrected chi connectivity index (χ1v) is 6.98. The molecule has 1 unspecified atom stereocenters. The zero-order valence-electron chi connectivity index (χ0n) is 12.9. The third-order valence-corrected chi connectivity index (χ3v) is 3.25. The highest BCUT2D eigenvalue weighted by Crippen LogP contribution is 2.30. The molecule has 1 atom stereocenters. The number of carbonyl (C=O) groups excluding carboxylic acids is 1. The van der Waals surface area contributed by atoms with Crippen molar-refractivity contribution in [3.63, 3.8) is 0 Å². The molecule has 0 spiro atoms. The Morgan fingerprint density at radius 1 is 1.43 bits per heavy atom. The molecule has 1 amide bonds. The first kappa shape index (κ1) is 17.0. The number of aromatic nitrogens is 3. The molecule has 0 fully saturated rings. The molecule has 0 saturated carbocycles. The lowest BCUT2D eigenvalue weighted by molar-refractivity contribution is -0.144. The zero-order chi connectivity index (χ0) is 17.2. The predicted molar refractivity (Wildman–Crippen MR) is 74.7 cm³/mol. The highest BCUT2D eigenvalue weighted by atomic mass is 19.4. The summed E-state index contributed by atoms with van der Waals surface area (Å²) in [4.78, 5) is 15.7. The Balaban J connectivity index is 1.97. The average Bonchev–Trinajstić information content (AvgIpc) is 3.01. The lowest BCUT2D eigenvalue weighted by Crippen LogP contribution is -2.31. The SMILES string of the molecule is Cc1cc(C(F)(F)F)n(CC(C)CNC(=O)c2ncoc2C)n1. The van der Waals surface area contributed by atoms with Crippen LogP contribution in [0, 0.1) is 19.8 Å². The number of hydrogen-bond donors (Lipinski definition) is 1. The van der Waals surface area contributed by atoms with Crippen molar-refractivity contribution in [3.8, 4) is 0 Å². The van der Waals surface area contributed by atoms with E-state index < -0.39 is 17.8 Å². The van der Waals surface area contributed by atoms with Crippen LogP contribution in [-0.2, 0) is 12.7 Å². The number of amides is 1. The summed E-state index contributed by atoms with van der Waals surface area (Å²) in [6, 6.07) is 1.00. The van der Waals surface area contributed by atoms with E-state index in [1.54, 1.807) is 13.8 Å². The van der Waals surface area contributed by atoms with Gasteiger partial charge in [0.1, 0.15) is 11.5 Å². The van der Waals surface area contributed by atoms with Crippen LogP contribution in [-0.4, -0.2) is 27.2 Å². The van der Waals surface area contributed by atoms with Crippen LogP contribution < -0.4 is 5.32 Å². The number of hydrogen-bond acceptors (Lipinski definition) is 4. The van der Waals surface area contributed by atoms with Crippen LogP contribution in [0.5, 0.6) is 0 Å². The Labute approximate surface area is 130 Å². The number of halogens is 3. The van der Waals surface area contributed by atoms with Crippen LogP contribution >= 0.6 is 0 Å². The minimum Gasteiger partial charge on any atom is -0.448 e. The van der Waals surface area contributed by atoms with Crippen LogP contribution in [0.2, 0.25) is 0 Å². The van der Waals surface area contributed by atoms with E-state index in [0.29, 0.717) is 11.5 Å². The molecule has 1 N–H and O–H groups in total. The van der Waals surface area contributed by atoms with E-state index in [1.807, 2.05) is 0 Å². The molecule has 6 nitrogen and oxygen atoms in total. The van der Waals surface area contributed by atoms with E-state index in [1.165, 1.54) is 6.92 Å². The van der Waals surface area contributed by atoms with E-state index >= 15 is 0 Å². The van der Waals surface area contributed by atoms with Gasteiger partial charge in [-0.3, -0.25) is 9.48 Å². The van der Waals surface area contributed by atoms with Crippen molar-refractivity contribution in [2.75, 3.05) is 6.54 Å². The average molecular weight is 330 g/mol. The lowest BCUT2D eigenvalue weighted by atomic mass is 10.1. The van der Waals surface area contributed by atoms with Gasteiger partial charge in [0.2, 0.25) is 0 Å². The predicted octanol–water partition coefficient (Wildman–Crippen LogP) is 2.57. The molecule has 126 valence electrons. The van der Waals surface area contributed by atoms with Crippen LogP contribution in [0.25, 0.3) is 0 Å². The monoisotopic (exact) mass is 330 g/mol. The molecule has 2 rings (SSSR count). The fraction of sp³-hybridized carbons (Fsp3) is 0.500. The Morgan fingerprint density at radius 3 is 2.70 bits per heavy atom. The molecule has 0 aliphatic heterocycles. The van der Waals surface area contributed by atoms with Gasteiger partial charge in [-0.2, -0.15) is 18.3 Å². The number of oxazole rings is 1. The standard InChI is InChI=1S/C14H17F3N4O2/c1-8(5-18-13(22)12-10(3)23-7-19-12)6-21-11(14(15,16)17)4-9(2)20-21/h4,7-8H,5-6H2,1-3H3,(H,18,22). The third kappa shape index (κ3) is 4.11. The Hall–Kier alpha value is -2.32. The maximum atomic E-state index is 12.9. The molecule has 0 aromatic carbocycles. The maximum Gasteiger partial charge on any atom is 0.433 e. The summed E-state index contributed by atoms with van der Waals surface area (Å²) >= 11 is 0. The number of rotatable bonds is 5. The molecule has 0 radical (unpaired) electrons. The van der Waals surface area contributed by atoms with E-state index in [-0.39, 0.29) is 24.7 Å². The van der Waals surface area contributed by atoms with Gasteiger partial charge in [-0.1, -0.05) is 6.92 Å². The normalized spacial score (nSPS) is 13.1. The number of aryl methyl sites for hydroxylation is 2. The number of nitrogens with one attached hydrogen (secondary N) is 1. The molecule has 2 aromatic heterocycles. The van der Waals surface area contributed by atoms with E-state index in [2.05, 4.69) is 15.4 Å². The fourth-order valence-corrected chi connectivity index (χ4v) is 2.15. The van der Waals surface area contributed by atoms with Crippen LogP contribution in [0.15, 0.2) is 16.9 Å². The van der Waals surface area contributed by atoms with Crippen molar-refractivity contribution in [1.82, 2.24) is 20.1 Å². The van der Waals surface area contributed by atoms with Crippen molar-refractivity contribution in [3.05, 3.63) is 35.3 Å². The van der Waals surface area contributed by atoms with Crippen LogP contribution in [0.4, 0.5) is 13.2 Å². The largest absolute Gasteiger partial charge is 0.448 e. The minimum absolute atomic E-state index is 0.0424. The summed E-state index contributed by atoms with van der Waals surface area (Å²) < 4.78 is 44.6. The Kier molecular flexibility index (Phi) is 4.76. The van der Waals surface area contributed by atoms with Crippen molar-refractivity contribution >= 4 is 5.91 Å². The summed E-state index contributed by atoms with van der Waals surface area (Å²) in [6.07, 6.45) is -3.29. The molecule has 0 bridgehead atoms. The second kappa shape index (κ2) is 6.43. The van der Waals surface area contributed by atoms with Gasteiger partial charge in [0.25, 0.3) is 5.91 Å². The zero-order valence-corrected chi connectivity index (χ0v) is 12.9. The third-order valence-electron chi connectivity index (χ3n) is 3.25. The Bertz CT molecular complexity index is 690. The van der Waals surface area contributed by atoms with Crippen molar-refractivity contribution in [2.24, 2.45) is 5.92 Å². The molecule has 23 heavy (non-hydrogen) atoms. The highest BCUT2D eigenvalue weighted by molar-refractivity contribution is 5.92. The maximum absolute atomic E-state index is 12.9. The molecular formula is C14H17F3N4O2. The van der Waals surface area contributed by atoms with Gasteiger partial charge in [0.15, 0.2) is 12.1 Å². The number of nitrogens with zero attached hydrogens (tertiary/aromatic N) is 3. The van der Waals surface area contributed by atoms with E-state index in [0.717, 1.165) is 17.1 Å². The molecule has 9 heteroatoms. The summed E-state index contributed by atoms with van der Waals surface area (Å²) in [7, 11) is 0. The fourth-order valence-electron chi connectivity index (χ4n) is 2.15. The minimum atomic E-state index is -4.46. The Morgan fingerprint density at radius 2 is 2.13 bits per heavy atom. The second-order valence-electron chi connectivity index (χ2n) is 5.42. The number of carbonyl (C=O) groups is 1. The summed E-state index contributed by atoms with van der Waals surface area (Å²) in [6.45, 7) is 5.08. The molecule has 2 aromatic rings. The van der Waals surface area contributed by atoms with E-state index in [4.69, 9.17) is 4.42 Å². The van der Waals surface area contributed by atoms with Gasteiger partial charge >= 0.3 is 6.18 Å². The second-order valence-corrected chi connectivity index (χ2v) is 5.42. The molecule has 0 saturated heterocycles. The van der Waals surface area contributed by atoms with Gasteiger partial charge in [0.05, 0.1) is 5.69 Å². The summed E-state index contributed by atoms with van der Waals surface area (Å²) in [5.74, 6) is -0.278. The van der Waals surface area contributed by atoms with Gasteiger partial charge in [-0.25, -0.2) is 4.98 Å². The van der Waals surface area contributed by atoms with Gasteiger partial charge in [-0.05, 0) is 25.8 Å². The van der Waals surface area contributed by atoms with E-state index in [9.17, 15) is 18.0 Å². The first-order chi connectivity index (χ1) is 10.7. The molecular weight excluding hydrogens is 313 g/mol. The molecule has 2 heterocycles. The van der Waals surface area contributed by atoms with Gasteiger partial charge in [0, 0.05) is 13.1 Å². The van der Waals surface area contributed by atoms with Gasteiger partial charge < -0.3 is 9.73 Å². The highest BCUT2D eigenvalue weighted by Gasteiger charge is 2.35. The van der Waals surface area contributed by atoms with Crippen LogP contribution in [0.3, 0.4) is 0 Å². The topological polar surface area (TPSA) is 73.0 Å². The van der Waals surface area contributed by atoms with Crippen molar-refractivity contribution < 1.29 is 22.4 Å². The van der Waals surface area contributed by atoms with Gasteiger partial charge in [-0.15, -0.1) is 0 Å². The molecule has 0 aliphatic carbocycles. The number of alkyl halides is 3.